The Morgan fingerprint density at radius 1 is 0.610 bits per heavy atom. The fourth-order valence-electron chi connectivity index (χ4n) is 8.61. The molecule has 0 aliphatic carbocycles. The molecule has 27 nitrogen and oxygen atoms in total. The molecule has 1 aliphatic rings. The molecule has 3 heterocycles. The maximum atomic E-state index is 12.5. The fourth-order valence-corrected chi connectivity index (χ4v) is 8.61. The molecule has 0 bridgehead atoms. The number of carbonyl (C=O) groups is 8. The van der Waals surface area contributed by atoms with E-state index in [4.69, 9.17) is 28.4 Å². The normalized spacial score (nSPS) is 17.9. The van der Waals surface area contributed by atoms with Gasteiger partial charge in [0.2, 0.25) is 0 Å². The zero-order valence-electron chi connectivity index (χ0n) is 47.2. The molecule has 2 aromatic heterocycles. The van der Waals surface area contributed by atoms with Crippen molar-refractivity contribution in [3.8, 4) is 0 Å². The molecular weight excluding hydrogens is 1020 g/mol. The average Bonchev–Trinajstić information content (AvgIpc) is 4.15. The molecule has 12 atom stereocenters. The summed E-state index contributed by atoms with van der Waals surface area (Å²) < 4.78 is 39.4. The highest BCUT2D eigenvalue weighted by Crippen LogP contribution is 2.35. The topological polar surface area (TPSA) is 350 Å². The number of nitrogens with zero attached hydrogens (tertiary/aromatic N) is 8. The Hall–Kier alpha value is -6.00. The van der Waals surface area contributed by atoms with Gasteiger partial charge in [0.25, 0.3) is 0 Å². The van der Waals surface area contributed by atoms with E-state index in [0.29, 0.717) is 6.42 Å². The summed E-state index contributed by atoms with van der Waals surface area (Å²) in [7, 11) is 13.5. The van der Waals surface area contributed by atoms with Crippen molar-refractivity contribution in [2.45, 2.75) is 118 Å². The number of methoxy groups -OCH3 is 4. The number of carbonyl (C=O) groups excluding carboxylic acids is 4. The Bertz CT molecular complexity index is 1970. The number of carboxylic acids is 4. The van der Waals surface area contributed by atoms with Crippen LogP contribution >= 0.6 is 0 Å². The van der Waals surface area contributed by atoms with E-state index in [-0.39, 0.29) is 32.5 Å². The summed E-state index contributed by atoms with van der Waals surface area (Å²) in [6.07, 6.45) is 5.93. The first-order chi connectivity index (χ1) is 36.4. The van der Waals surface area contributed by atoms with E-state index in [1.54, 1.807) is 40.1 Å². The maximum absolute atomic E-state index is 12.5. The molecular formula is C50H86N8O19. The van der Waals surface area contributed by atoms with Crippen LogP contribution in [0.1, 0.15) is 80.1 Å². The average molecular weight is 1100 g/mol. The summed E-state index contributed by atoms with van der Waals surface area (Å²) in [4.78, 5) is 99.9. The van der Waals surface area contributed by atoms with E-state index in [2.05, 4.69) is 63.4 Å². The van der Waals surface area contributed by atoms with Crippen LogP contribution in [-0.4, -0.2) is 215 Å². The number of carboxylic acid groups (broad SMARTS) is 4. The standard InChI is InChI=1S/C18H30O10.C18H28O9.2C7H14N4/c1-6-11(26-4)14(17(23)24)10(18(25)28-7-2)8-12(27-5)13(16(21)22)9(3)15(19)20;1-6-11(24-4)14(15(19)20)10(17(22)26-7-2)8-12(25-5)13-9(3)16(21)27-18(13)23;2*1-10(2)5-3-6-11-7-4-8-9-11/h9-14H,6-8H2,1-5H3,(H,19,20)(H,21,22)(H,23,24);9-14H,6-8H2,1-5H3,(H,19,20);2*4,7H,3,5-6H2,1-2H3. The summed E-state index contributed by atoms with van der Waals surface area (Å²) in [5.41, 5.74) is 0. The second-order valence-corrected chi connectivity index (χ2v) is 18.5. The highest BCUT2D eigenvalue weighted by atomic mass is 16.6. The Morgan fingerprint density at radius 3 is 1.29 bits per heavy atom. The van der Waals surface area contributed by atoms with Gasteiger partial charge in [-0.05, 0) is 93.7 Å². The number of ether oxygens (including phenoxy) is 7. The number of aryl methyl sites for hydroxylation is 2. The molecule has 27 heteroatoms. The van der Waals surface area contributed by atoms with Crippen molar-refractivity contribution >= 4 is 47.8 Å². The number of cyclic esters (lactones) is 2. The molecule has 0 aromatic carbocycles. The number of rotatable bonds is 33. The Morgan fingerprint density at radius 2 is 1.01 bits per heavy atom. The third-order valence-corrected chi connectivity index (χ3v) is 12.7. The molecule has 0 radical (unpaired) electrons. The molecule has 4 N–H and O–H groups in total. The van der Waals surface area contributed by atoms with Crippen molar-refractivity contribution < 1.29 is 91.9 Å². The van der Waals surface area contributed by atoms with Crippen LogP contribution < -0.4 is 0 Å². The van der Waals surface area contributed by atoms with Gasteiger partial charge < -0.3 is 63.4 Å². The van der Waals surface area contributed by atoms with Crippen LogP contribution in [0, 0.1) is 47.3 Å². The SMILES string of the molecule is CCOC(=O)C(CC(OC)C(C(=O)O)C(C)C(=O)O)C(C(=O)O)C(CC)OC.CCOC(=O)C(CC(OC)C1C(=O)OC(=O)C1C)C(C(=O)O)C(CC)OC.CN(C)CCCn1ccnn1.CN(C)CCCn1ccnn1. The van der Waals surface area contributed by atoms with Crippen LogP contribution in [0.5, 0.6) is 0 Å². The lowest BCUT2D eigenvalue weighted by Crippen LogP contribution is -2.45. The minimum absolute atomic E-state index is 0.00299. The van der Waals surface area contributed by atoms with Crippen LogP contribution in [0.2, 0.25) is 0 Å². The number of aliphatic carboxylic acids is 4. The molecule has 1 saturated heterocycles. The van der Waals surface area contributed by atoms with Gasteiger partial charge in [0.15, 0.2) is 0 Å². The Balaban J connectivity index is 0.00000108. The second-order valence-electron chi connectivity index (χ2n) is 18.5. The van der Waals surface area contributed by atoms with Gasteiger partial charge in [-0.3, -0.25) is 47.7 Å². The predicted molar refractivity (Wildman–Crippen MR) is 274 cm³/mol. The third-order valence-electron chi connectivity index (χ3n) is 12.7. The molecule has 1 aliphatic heterocycles. The molecule has 0 spiro atoms. The van der Waals surface area contributed by atoms with Crippen molar-refractivity contribution in [2.24, 2.45) is 47.3 Å². The zero-order chi connectivity index (χ0) is 58.9. The molecule has 1 fully saturated rings. The van der Waals surface area contributed by atoms with Gasteiger partial charge in [-0.1, -0.05) is 38.1 Å². The van der Waals surface area contributed by atoms with Crippen molar-refractivity contribution in [3.05, 3.63) is 24.8 Å². The number of hydrogen-bond acceptors (Lipinski definition) is 21. The van der Waals surface area contributed by atoms with Crippen molar-refractivity contribution in [2.75, 3.05) is 82.9 Å². The number of aromatic nitrogens is 6. The first kappa shape index (κ1) is 71.0. The Kier molecular flexibility index (Phi) is 35.5. The molecule has 0 amide bonds. The van der Waals surface area contributed by atoms with E-state index in [9.17, 15) is 58.8 Å². The third kappa shape index (κ3) is 24.9. The quantitative estimate of drug-likeness (QED) is 0.0453. The first-order valence-corrected chi connectivity index (χ1v) is 25.5. The van der Waals surface area contributed by atoms with Crippen LogP contribution in [0.25, 0.3) is 0 Å². The van der Waals surface area contributed by atoms with Crippen LogP contribution in [0.15, 0.2) is 24.8 Å². The largest absolute Gasteiger partial charge is 0.481 e. The Labute approximate surface area is 451 Å². The molecule has 12 unspecified atom stereocenters. The summed E-state index contributed by atoms with van der Waals surface area (Å²) in [5.74, 6) is -17.6. The van der Waals surface area contributed by atoms with E-state index < -0.39 is 120 Å². The van der Waals surface area contributed by atoms with Crippen molar-refractivity contribution in [1.82, 2.24) is 39.8 Å². The molecule has 2 aromatic rings. The van der Waals surface area contributed by atoms with Crippen LogP contribution in [-0.2, 0) is 84.6 Å². The van der Waals surface area contributed by atoms with Gasteiger partial charge in [0, 0.05) is 53.9 Å². The van der Waals surface area contributed by atoms with E-state index in [1.807, 2.05) is 21.8 Å². The summed E-state index contributed by atoms with van der Waals surface area (Å²) in [5, 5.41) is 53.3. The smallest absolute Gasteiger partial charge is 0.320 e. The van der Waals surface area contributed by atoms with Gasteiger partial charge in [-0.2, -0.15) is 0 Å². The molecule has 0 saturated carbocycles. The fraction of sp³-hybridized carbons (Fsp3) is 0.760. The summed E-state index contributed by atoms with van der Waals surface area (Å²) in [6.45, 7) is 13.5. The second kappa shape index (κ2) is 38.5. The van der Waals surface area contributed by atoms with Gasteiger partial charge in [-0.15, -0.1) is 10.2 Å². The monoisotopic (exact) mass is 1100 g/mol. The summed E-state index contributed by atoms with van der Waals surface area (Å²) >= 11 is 0. The van der Waals surface area contributed by atoms with Gasteiger partial charge in [0.05, 0.1) is 97.4 Å². The first-order valence-electron chi connectivity index (χ1n) is 25.5. The van der Waals surface area contributed by atoms with Gasteiger partial charge >= 0.3 is 47.8 Å². The van der Waals surface area contributed by atoms with Crippen LogP contribution in [0.3, 0.4) is 0 Å². The van der Waals surface area contributed by atoms with E-state index in [1.165, 1.54) is 42.3 Å². The minimum Gasteiger partial charge on any atom is -0.481 e. The number of esters is 4. The lowest BCUT2D eigenvalue weighted by atomic mass is 9.78. The lowest BCUT2D eigenvalue weighted by molar-refractivity contribution is -0.168. The molecule has 77 heavy (non-hydrogen) atoms. The predicted octanol–water partition coefficient (Wildman–Crippen LogP) is 2.61. The number of hydrogen-bond donors (Lipinski definition) is 4. The van der Waals surface area contributed by atoms with Gasteiger partial charge in [-0.25, -0.2) is 0 Å². The lowest BCUT2D eigenvalue weighted by Gasteiger charge is -2.32. The van der Waals surface area contributed by atoms with Crippen molar-refractivity contribution in [3.63, 3.8) is 0 Å². The van der Waals surface area contributed by atoms with Crippen molar-refractivity contribution in [1.29, 1.82) is 0 Å². The van der Waals surface area contributed by atoms with E-state index >= 15 is 0 Å². The highest BCUT2D eigenvalue weighted by molar-refractivity contribution is 5.96. The maximum Gasteiger partial charge on any atom is 0.320 e. The molecule has 440 valence electrons. The van der Waals surface area contributed by atoms with Gasteiger partial charge in [0.1, 0.15) is 0 Å². The molecule has 3 rings (SSSR count). The highest BCUT2D eigenvalue weighted by Gasteiger charge is 2.50. The van der Waals surface area contributed by atoms with Crippen LogP contribution in [0.4, 0.5) is 0 Å². The summed E-state index contributed by atoms with van der Waals surface area (Å²) in [6, 6.07) is 0. The van der Waals surface area contributed by atoms with E-state index in [0.717, 1.165) is 39.0 Å². The minimum atomic E-state index is -1.49. The zero-order valence-corrected chi connectivity index (χ0v) is 47.2.